The van der Waals surface area contributed by atoms with E-state index in [2.05, 4.69) is 20.8 Å². The molecule has 2 nitrogen and oxygen atoms in total. The maximum Gasteiger partial charge on any atom is 0.346 e. The van der Waals surface area contributed by atoms with E-state index in [-0.39, 0.29) is 5.04 Å². The van der Waals surface area contributed by atoms with Gasteiger partial charge < -0.3 is 8.85 Å². The van der Waals surface area contributed by atoms with Gasteiger partial charge in [0.15, 0.2) is 0 Å². The fourth-order valence-corrected chi connectivity index (χ4v) is 7.78. The van der Waals surface area contributed by atoms with E-state index in [1.165, 1.54) is 25.7 Å². The first-order chi connectivity index (χ1) is 7.04. The van der Waals surface area contributed by atoms with Gasteiger partial charge in [0, 0.05) is 24.8 Å². The van der Waals surface area contributed by atoms with Crippen molar-refractivity contribution in [3.8, 4) is 0 Å². The van der Waals surface area contributed by atoms with E-state index in [4.69, 9.17) is 8.85 Å². The third kappa shape index (κ3) is 2.15. The Balaban J connectivity index is 2.94. The van der Waals surface area contributed by atoms with Crippen LogP contribution in [0.4, 0.5) is 0 Å². The maximum absolute atomic E-state index is 5.94. The summed E-state index contributed by atoms with van der Waals surface area (Å²) in [6, 6.07) is 0. The molecule has 90 valence electrons. The fraction of sp³-hybridized carbons (Fsp3) is 1.00. The minimum atomic E-state index is -2.04. The van der Waals surface area contributed by atoms with Crippen LogP contribution in [0, 0.1) is 0 Å². The average molecular weight is 230 g/mol. The smallest absolute Gasteiger partial charge is 0.346 e. The fourth-order valence-electron chi connectivity index (χ4n) is 3.07. The van der Waals surface area contributed by atoms with Gasteiger partial charge in [-0.15, -0.1) is 0 Å². The van der Waals surface area contributed by atoms with E-state index < -0.39 is 8.56 Å². The first-order valence-corrected chi connectivity index (χ1v) is 8.03. The Morgan fingerprint density at radius 3 is 1.93 bits per heavy atom. The van der Waals surface area contributed by atoms with E-state index in [1.807, 2.05) is 14.2 Å². The zero-order valence-electron chi connectivity index (χ0n) is 10.9. The Labute approximate surface area is 95.6 Å². The Kier molecular flexibility index (Phi) is 4.38. The molecule has 0 spiro atoms. The third-order valence-electron chi connectivity index (χ3n) is 4.33. The van der Waals surface area contributed by atoms with Gasteiger partial charge in [0.25, 0.3) is 0 Å². The predicted octanol–water partition coefficient (Wildman–Crippen LogP) is 3.86. The highest BCUT2D eigenvalue weighted by Crippen LogP contribution is 2.52. The molecule has 0 radical (unpaired) electrons. The molecule has 3 heteroatoms. The highest BCUT2D eigenvalue weighted by molar-refractivity contribution is 6.72. The summed E-state index contributed by atoms with van der Waals surface area (Å²) >= 11 is 0. The first-order valence-electron chi connectivity index (χ1n) is 6.14. The summed E-state index contributed by atoms with van der Waals surface area (Å²) in [4.78, 5) is 0. The van der Waals surface area contributed by atoms with Crippen molar-refractivity contribution >= 4 is 8.56 Å². The van der Waals surface area contributed by atoms with Crippen molar-refractivity contribution in [1.82, 2.24) is 0 Å². The minimum Gasteiger partial charge on any atom is -0.397 e. The number of rotatable bonds is 5. The monoisotopic (exact) mass is 230 g/mol. The van der Waals surface area contributed by atoms with Crippen molar-refractivity contribution in [1.29, 1.82) is 0 Å². The summed E-state index contributed by atoms with van der Waals surface area (Å²) in [5.74, 6) is 0. The van der Waals surface area contributed by atoms with Crippen molar-refractivity contribution in [2.24, 2.45) is 0 Å². The van der Waals surface area contributed by atoms with Crippen LogP contribution in [0.3, 0.4) is 0 Å². The lowest BCUT2D eigenvalue weighted by Crippen LogP contribution is -2.53. The third-order valence-corrected chi connectivity index (χ3v) is 9.43. The second kappa shape index (κ2) is 4.98. The molecule has 1 fully saturated rings. The van der Waals surface area contributed by atoms with Gasteiger partial charge in [0.1, 0.15) is 0 Å². The number of hydrogen-bond donors (Lipinski definition) is 0. The van der Waals surface area contributed by atoms with Gasteiger partial charge in [-0.3, -0.25) is 0 Å². The van der Waals surface area contributed by atoms with Gasteiger partial charge in [-0.25, -0.2) is 0 Å². The molecule has 0 amide bonds. The second-order valence-electron chi connectivity index (χ2n) is 5.29. The minimum absolute atomic E-state index is 0.214. The Morgan fingerprint density at radius 2 is 1.60 bits per heavy atom. The molecule has 0 bridgehead atoms. The van der Waals surface area contributed by atoms with Crippen molar-refractivity contribution in [2.45, 2.75) is 63.5 Å². The molecule has 15 heavy (non-hydrogen) atoms. The van der Waals surface area contributed by atoms with Crippen molar-refractivity contribution in [3.05, 3.63) is 0 Å². The average Bonchev–Trinajstić information content (AvgIpc) is 2.74. The molecular formula is C12H26O2Si. The molecule has 1 aliphatic carbocycles. The van der Waals surface area contributed by atoms with Crippen molar-refractivity contribution < 1.29 is 8.85 Å². The van der Waals surface area contributed by atoms with Crippen molar-refractivity contribution in [3.63, 3.8) is 0 Å². The Morgan fingerprint density at radius 1 is 1.13 bits per heavy atom. The summed E-state index contributed by atoms with van der Waals surface area (Å²) in [7, 11) is 1.67. The SMILES string of the molecule is CCC(C)(C)[Si](OC)(OC)C1CCCC1. The quantitative estimate of drug-likeness (QED) is 0.668. The van der Waals surface area contributed by atoms with E-state index in [1.54, 1.807) is 0 Å². The van der Waals surface area contributed by atoms with Crippen LogP contribution < -0.4 is 0 Å². The lowest BCUT2D eigenvalue weighted by Gasteiger charge is -2.44. The van der Waals surface area contributed by atoms with Crippen LogP contribution in [-0.4, -0.2) is 22.8 Å². The van der Waals surface area contributed by atoms with E-state index in [9.17, 15) is 0 Å². The summed E-state index contributed by atoms with van der Waals surface area (Å²) in [5, 5.41) is 0.214. The molecule has 0 saturated heterocycles. The molecule has 0 aromatic rings. The molecule has 0 heterocycles. The van der Waals surface area contributed by atoms with Crippen LogP contribution >= 0.6 is 0 Å². The lowest BCUT2D eigenvalue weighted by molar-refractivity contribution is 0.194. The lowest BCUT2D eigenvalue weighted by atomic mass is 10.1. The molecule has 1 aliphatic rings. The zero-order chi connectivity index (χ0) is 11.5. The molecule has 0 aliphatic heterocycles. The van der Waals surface area contributed by atoms with Crippen molar-refractivity contribution in [2.75, 3.05) is 14.2 Å². The van der Waals surface area contributed by atoms with E-state index in [0.29, 0.717) is 5.54 Å². The maximum atomic E-state index is 5.94. The van der Waals surface area contributed by atoms with Gasteiger partial charge >= 0.3 is 8.56 Å². The Bertz CT molecular complexity index is 194. The topological polar surface area (TPSA) is 18.5 Å². The van der Waals surface area contributed by atoms with Gasteiger partial charge in [-0.2, -0.15) is 0 Å². The molecule has 0 unspecified atom stereocenters. The predicted molar refractivity (Wildman–Crippen MR) is 66.3 cm³/mol. The van der Waals surface area contributed by atoms with Crippen LogP contribution in [0.1, 0.15) is 52.9 Å². The number of hydrogen-bond acceptors (Lipinski definition) is 2. The highest BCUT2D eigenvalue weighted by Gasteiger charge is 2.55. The van der Waals surface area contributed by atoms with E-state index in [0.717, 1.165) is 6.42 Å². The van der Waals surface area contributed by atoms with Crippen LogP contribution in [0.25, 0.3) is 0 Å². The summed E-state index contributed by atoms with van der Waals surface area (Å²) in [6.45, 7) is 6.86. The molecule has 0 aromatic heterocycles. The standard InChI is InChI=1S/C12H26O2Si/c1-6-12(2,3)15(13-4,14-5)11-9-7-8-10-11/h11H,6-10H2,1-5H3. The van der Waals surface area contributed by atoms with Crippen LogP contribution in [0.15, 0.2) is 0 Å². The van der Waals surface area contributed by atoms with Gasteiger partial charge in [0.2, 0.25) is 0 Å². The summed E-state index contributed by atoms with van der Waals surface area (Å²) < 4.78 is 11.9. The Hall–Kier alpha value is 0.137. The molecule has 0 atom stereocenters. The zero-order valence-corrected chi connectivity index (χ0v) is 11.9. The second-order valence-corrected chi connectivity index (χ2v) is 9.62. The first kappa shape index (κ1) is 13.2. The van der Waals surface area contributed by atoms with Crippen LogP contribution in [0.2, 0.25) is 10.6 Å². The molecule has 0 aromatic carbocycles. The molecule has 1 saturated carbocycles. The summed E-state index contributed by atoms with van der Waals surface area (Å²) in [6.07, 6.45) is 6.45. The van der Waals surface area contributed by atoms with Gasteiger partial charge in [0.05, 0.1) is 0 Å². The van der Waals surface area contributed by atoms with Gasteiger partial charge in [-0.05, 0) is 19.3 Å². The molecular weight excluding hydrogens is 204 g/mol. The highest BCUT2D eigenvalue weighted by atomic mass is 28.4. The molecule has 0 N–H and O–H groups in total. The normalized spacial score (nSPS) is 19.8. The molecule has 1 rings (SSSR count). The van der Waals surface area contributed by atoms with Crippen LogP contribution in [0.5, 0.6) is 0 Å². The summed E-state index contributed by atoms with van der Waals surface area (Å²) in [5.41, 5.74) is 0.697. The van der Waals surface area contributed by atoms with Crippen LogP contribution in [-0.2, 0) is 8.85 Å². The van der Waals surface area contributed by atoms with E-state index >= 15 is 0 Å². The largest absolute Gasteiger partial charge is 0.397 e. The van der Waals surface area contributed by atoms with Gasteiger partial charge in [-0.1, -0.05) is 33.6 Å².